The van der Waals surface area contributed by atoms with E-state index in [-0.39, 0.29) is 5.91 Å². The van der Waals surface area contributed by atoms with E-state index < -0.39 is 0 Å². The summed E-state index contributed by atoms with van der Waals surface area (Å²) in [6.07, 6.45) is 1.89. The number of nitrogens with zero attached hydrogens (tertiary/aromatic N) is 2. The Morgan fingerprint density at radius 1 is 1.38 bits per heavy atom. The van der Waals surface area contributed by atoms with Gasteiger partial charge in [0.1, 0.15) is 0 Å². The van der Waals surface area contributed by atoms with Crippen LogP contribution in [0.4, 0.5) is 5.69 Å². The summed E-state index contributed by atoms with van der Waals surface area (Å²) >= 11 is 11.8. The van der Waals surface area contributed by atoms with Crippen molar-refractivity contribution in [2.24, 2.45) is 0 Å². The van der Waals surface area contributed by atoms with Crippen molar-refractivity contribution in [2.75, 3.05) is 18.4 Å². The van der Waals surface area contributed by atoms with Crippen LogP contribution in [0.5, 0.6) is 0 Å². The van der Waals surface area contributed by atoms with Gasteiger partial charge in [0.2, 0.25) is 5.91 Å². The topological polar surface area (TPSA) is 35.6 Å². The van der Waals surface area contributed by atoms with Crippen molar-refractivity contribution in [3.05, 3.63) is 28.8 Å². The molecule has 24 heavy (non-hydrogen) atoms. The van der Waals surface area contributed by atoms with Crippen LogP contribution in [0.3, 0.4) is 0 Å². The van der Waals surface area contributed by atoms with E-state index in [2.05, 4.69) is 24.1 Å². The van der Waals surface area contributed by atoms with Gasteiger partial charge in [0.15, 0.2) is 5.11 Å². The molecule has 1 N–H and O–H groups in total. The molecule has 6 heteroatoms. The van der Waals surface area contributed by atoms with Crippen molar-refractivity contribution in [1.29, 1.82) is 0 Å². The van der Waals surface area contributed by atoms with Gasteiger partial charge in [0.25, 0.3) is 0 Å². The van der Waals surface area contributed by atoms with Gasteiger partial charge in [-0.05, 0) is 69.6 Å². The Kier molecular flexibility index (Phi) is 6.47. The van der Waals surface area contributed by atoms with Crippen LogP contribution in [-0.4, -0.2) is 46.0 Å². The average Bonchev–Trinajstić information content (AvgIpc) is 2.51. The third-order valence-corrected chi connectivity index (χ3v) is 5.24. The quantitative estimate of drug-likeness (QED) is 0.817. The van der Waals surface area contributed by atoms with Gasteiger partial charge in [0.05, 0.1) is 0 Å². The molecule has 0 spiro atoms. The number of benzene rings is 1. The van der Waals surface area contributed by atoms with Crippen LogP contribution in [-0.2, 0) is 4.79 Å². The number of amides is 1. The predicted octanol–water partition coefficient (Wildman–Crippen LogP) is 4.07. The molecular weight excluding hydrogens is 342 g/mol. The van der Waals surface area contributed by atoms with E-state index in [1.54, 1.807) is 6.92 Å². The second-order valence-corrected chi connectivity index (χ2v) is 7.43. The zero-order chi connectivity index (χ0) is 17.9. The first kappa shape index (κ1) is 19.0. The average molecular weight is 368 g/mol. The number of piperidine rings is 1. The smallest absolute Gasteiger partial charge is 0.219 e. The van der Waals surface area contributed by atoms with Gasteiger partial charge in [-0.25, -0.2) is 0 Å². The number of carbonyl (C=O) groups excluding carboxylic acids is 1. The standard InChI is InChI=1S/C18H26ClN3OS/c1-12(2)22(16-7-9-21(10-8-16)14(4)23)18(24)20-15-5-6-17(19)13(3)11-15/h5-6,11-12,16H,7-10H2,1-4H3,(H,20,24). The number of hydrogen-bond donors (Lipinski definition) is 1. The van der Waals surface area contributed by atoms with Crippen molar-refractivity contribution in [1.82, 2.24) is 9.80 Å². The molecule has 1 fully saturated rings. The van der Waals surface area contributed by atoms with Gasteiger partial charge in [-0.3, -0.25) is 4.79 Å². The molecule has 0 bridgehead atoms. The lowest BCUT2D eigenvalue weighted by Crippen LogP contribution is -2.52. The Bertz CT molecular complexity index is 612. The molecule has 4 nitrogen and oxygen atoms in total. The molecular formula is C18H26ClN3OS. The van der Waals surface area contributed by atoms with Gasteiger partial charge < -0.3 is 15.1 Å². The van der Waals surface area contributed by atoms with Gasteiger partial charge in [0, 0.05) is 42.8 Å². The first-order valence-corrected chi connectivity index (χ1v) is 9.19. The summed E-state index contributed by atoms with van der Waals surface area (Å²) in [5, 5.41) is 4.82. The molecule has 0 unspecified atom stereocenters. The first-order chi connectivity index (χ1) is 11.3. The maximum absolute atomic E-state index is 11.5. The van der Waals surface area contributed by atoms with Crippen LogP contribution in [0.15, 0.2) is 18.2 Å². The van der Waals surface area contributed by atoms with Crippen LogP contribution in [0.25, 0.3) is 0 Å². The minimum Gasteiger partial charge on any atom is -0.343 e. The van der Waals surface area contributed by atoms with Gasteiger partial charge in [-0.2, -0.15) is 0 Å². The molecule has 1 aromatic rings. The summed E-state index contributed by atoms with van der Waals surface area (Å²) in [6, 6.07) is 6.48. The Morgan fingerprint density at radius 3 is 2.50 bits per heavy atom. The Hall–Kier alpha value is -1.33. The van der Waals surface area contributed by atoms with Crippen molar-refractivity contribution < 1.29 is 4.79 Å². The van der Waals surface area contributed by atoms with E-state index in [1.807, 2.05) is 30.0 Å². The molecule has 132 valence electrons. The highest BCUT2D eigenvalue weighted by molar-refractivity contribution is 7.80. The largest absolute Gasteiger partial charge is 0.343 e. The van der Waals surface area contributed by atoms with E-state index >= 15 is 0 Å². The second-order valence-electron chi connectivity index (χ2n) is 6.63. The van der Waals surface area contributed by atoms with Crippen molar-refractivity contribution >= 4 is 40.5 Å². The Morgan fingerprint density at radius 2 is 2.00 bits per heavy atom. The maximum atomic E-state index is 11.5. The molecule has 1 aliphatic rings. The van der Waals surface area contributed by atoms with Crippen molar-refractivity contribution in [3.63, 3.8) is 0 Å². The zero-order valence-corrected chi connectivity index (χ0v) is 16.4. The molecule has 0 aliphatic carbocycles. The summed E-state index contributed by atoms with van der Waals surface area (Å²) in [5.41, 5.74) is 1.98. The van der Waals surface area contributed by atoms with Crippen molar-refractivity contribution in [2.45, 2.75) is 52.6 Å². The first-order valence-electron chi connectivity index (χ1n) is 8.40. The van der Waals surface area contributed by atoms with E-state index in [4.69, 9.17) is 23.8 Å². The fourth-order valence-corrected chi connectivity index (χ4v) is 3.79. The fraction of sp³-hybridized carbons (Fsp3) is 0.556. The molecule has 1 aromatic carbocycles. The third kappa shape index (κ3) is 4.61. The number of hydrogen-bond acceptors (Lipinski definition) is 2. The lowest BCUT2D eigenvalue weighted by molar-refractivity contribution is -0.130. The normalized spacial score (nSPS) is 15.5. The fourth-order valence-electron chi connectivity index (χ4n) is 3.19. The zero-order valence-electron chi connectivity index (χ0n) is 14.8. The lowest BCUT2D eigenvalue weighted by atomic mass is 10.0. The van der Waals surface area contributed by atoms with Gasteiger partial charge in [-0.15, -0.1) is 0 Å². The monoisotopic (exact) mass is 367 g/mol. The molecule has 0 atom stereocenters. The highest BCUT2D eigenvalue weighted by Crippen LogP contribution is 2.23. The second kappa shape index (κ2) is 8.17. The summed E-state index contributed by atoms with van der Waals surface area (Å²) in [6.45, 7) is 9.51. The number of rotatable bonds is 3. The van der Waals surface area contributed by atoms with Crippen LogP contribution in [0.1, 0.15) is 39.2 Å². The van der Waals surface area contributed by atoms with Crippen LogP contribution < -0.4 is 5.32 Å². The molecule has 1 aliphatic heterocycles. The Balaban J connectivity index is 2.05. The molecule has 1 saturated heterocycles. The van der Waals surface area contributed by atoms with Gasteiger partial charge >= 0.3 is 0 Å². The summed E-state index contributed by atoms with van der Waals surface area (Å²) < 4.78 is 0. The maximum Gasteiger partial charge on any atom is 0.219 e. The summed E-state index contributed by atoms with van der Waals surface area (Å²) in [4.78, 5) is 15.7. The number of halogens is 1. The highest BCUT2D eigenvalue weighted by atomic mass is 35.5. The molecule has 0 radical (unpaired) electrons. The molecule has 0 saturated carbocycles. The highest BCUT2D eigenvalue weighted by Gasteiger charge is 2.28. The SMILES string of the molecule is CC(=O)N1CCC(N(C(=S)Nc2ccc(Cl)c(C)c2)C(C)C)CC1. The number of carbonyl (C=O) groups is 1. The number of anilines is 1. The van der Waals surface area contributed by atoms with E-state index in [9.17, 15) is 4.79 Å². The number of nitrogens with one attached hydrogen (secondary N) is 1. The summed E-state index contributed by atoms with van der Waals surface area (Å²) in [5.74, 6) is 0.155. The third-order valence-electron chi connectivity index (χ3n) is 4.50. The lowest BCUT2D eigenvalue weighted by Gasteiger charge is -2.41. The van der Waals surface area contributed by atoms with Crippen molar-refractivity contribution in [3.8, 4) is 0 Å². The number of thiocarbonyl (C=S) groups is 1. The molecule has 1 heterocycles. The molecule has 1 amide bonds. The molecule has 0 aromatic heterocycles. The van der Waals surface area contributed by atoms with Crippen LogP contribution >= 0.6 is 23.8 Å². The Labute approximate surface area is 155 Å². The molecule has 2 rings (SSSR count). The minimum atomic E-state index is 0.155. The van der Waals surface area contributed by atoms with E-state index in [0.29, 0.717) is 12.1 Å². The van der Waals surface area contributed by atoms with Crippen LogP contribution in [0.2, 0.25) is 5.02 Å². The predicted molar refractivity (Wildman–Crippen MR) is 105 cm³/mol. The van der Waals surface area contributed by atoms with Gasteiger partial charge in [-0.1, -0.05) is 11.6 Å². The summed E-state index contributed by atoms with van der Waals surface area (Å²) in [7, 11) is 0. The number of aryl methyl sites for hydroxylation is 1. The van der Waals surface area contributed by atoms with E-state index in [1.165, 1.54) is 0 Å². The van der Waals surface area contributed by atoms with Crippen LogP contribution in [0, 0.1) is 6.92 Å². The number of likely N-dealkylation sites (tertiary alicyclic amines) is 1. The van der Waals surface area contributed by atoms with E-state index in [0.717, 1.165) is 47.3 Å². The minimum absolute atomic E-state index is 0.155.